The summed E-state index contributed by atoms with van der Waals surface area (Å²) in [6.45, 7) is 9.11. The molecule has 4 aromatic rings. The zero-order chi connectivity index (χ0) is 36.6. The van der Waals surface area contributed by atoms with Gasteiger partial charge in [-0.15, -0.1) is 0 Å². The number of rotatable bonds is 15. The number of esters is 1. The molecule has 9 nitrogen and oxygen atoms in total. The summed E-state index contributed by atoms with van der Waals surface area (Å²) < 4.78 is 21.8. The van der Waals surface area contributed by atoms with Crippen LogP contribution in [0, 0.1) is 5.82 Å². The molecule has 1 heterocycles. The van der Waals surface area contributed by atoms with Gasteiger partial charge in [0.1, 0.15) is 23.2 Å². The van der Waals surface area contributed by atoms with Gasteiger partial charge in [0.05, 0.1) is 12.2 Å². The Bertz CT molecular complexity index is 1750. The number of carbonyl (C=O) groups is 3. The molecule has 0 fully saturated rings. The van der Waals surface area contributed by atoms with Crippen molar-refractivity contribution >= 4 is 17.8 Å². The normalized spacial score (nSPS) is 13.2. The van der Waals surface area contributed by atoms with Crippen LogP contribution in [-0.4, -0.2) is 56.5 Å². The van der Waals surface area contributed by atoms with Crippen molar-refractivity contribution in [2.75, 3.05) is 0 Å². The number of nitrogens with zero attached hydrogens (tertiary/aromatic N) is 1. The number of hydrogen-bond donors (Lipinski definition) is 3. The third-order valence-electron chi connectivity index (χ3n) is 8.17. The first-order chi connectivity index (χ1) is 23.6. The van der Waals surface area contributed by atoms with E-state index in [2.05, 4.69) is 5.32 Å². The molecule has 0 aliphatic heterocycles. The molecule has 3 aromatic carbocycles. The van der Waals surface area contributed by atoms with Crippen molar-refractivity contribution in [3.05, 3.63) is 108 Å². The monoisotopic (exact) mass is 708 g/mol. The number of ether oxygens (including phenoxy) is 1. The van der Waals surface area contributed by atoms with E-state index in [0.717, 1.165) is 5.56 Å². The smallest absolute Gasteiger partial charge is 0.550 e. The number of carbonyl (C=O) groups excluding carboxylic acids is 3. The van der Waals surface area contributed by atoms with Crippen molar-refractivity contribution < 1.29 is 68.4 Å². The van der Waals surface area contributed by atoms with Gasteiger partial charge in [-0.05, 0) is 82.7 Å². The molecule has 0 saturated heterocycles. The number of aliphatic hydroxyl groups is 2. The first-order valence-corrected chi connectivity index (χ1v) is 16.9. The molecule has 266 valence electrons. The van der Waals surface area contributed by atoms with Gasteiger partial charge in [-0.25, -0.2) is 9.18 Å². The topological polar surface area (TPSA) is 141 Å². The van der Waals surface area contributed by atoms with Crippen LogP contribution in [0.25, 0.3) is 22.3 Å². The molecule has 0 saturated carbocycles. The summed E-state index contributed by atoms with van der Waals surface area (Å²) in [5.74, 6) is -2.96. The maximum absolute atomic E-state index is 14.7. The molecule has 0 aliphatic rings. The van der Waals surface area contributed by atoms with Crippen LogP contribution < -0.4 is 40.0 Å². The molecule has 0 aliphatic carbocycles. The molecule has 0 radical (unpaired) electrons. The average Bonchev–Trinajstić information content (AvgIpc) is 3.39. The van der Waals surface area contributed by atoms with Gasteiger partial charge < -0.3 is 34.7 Å². The van der Waals surface area contributed by atoms with Gasteiger partial charge in [0.25, 0.3) is 5.91 Å². The molecule has 3 N–H and O–H groups in total. The SMILES string of the molecule is CC(C)n1c(CC[C@@H](O)C[C@@H](O)CC(=O)[O-])c(-c2ccc(F)cc2)c(-c2ccccc2)c1C(=O)N[C@H](Cc1ccccc1)C(=O)OC(C)(C)C.[Na+]. The maximum Gasteiger partial charge on any atom is 1.00 e. The fourth-order valence-corrected chi connectivity index (χ4v) is 6.14. The number of aliphatic carboxylic acids is 1. The molecule has 3 atom stereocenters. The van der Waals surface area contributed by atoms with E-state index in [4.69, 9.17) is 4.74 Å². The number of hydrogen-bond acceptors (Lipinski definition) is 7. The standard InChI is InChI=1S/C40H47FN2O7.Na/c1-25(2)43-33(21-20-30(44)23-31(45)24-34(46)47)35(28-16-18-29(41)19-17-28)36(27-14-10-7-11-15-27)37(43)38(48)42-32(39(49)50-40(3,4)5)22-26-12-8-6-9-13-26;/h6-19,25,30-32,44-45H,20-24H2,1-5H3,(H,42,48)(H,46,47);/q;+1/p-1/t30-,31-,32-;/m1./s1. The Hall–Kier alpha value is -3.80. The van der Waals surface area contributed by atoms with Crippen LogP contribution in [0.3, 0.4) is 0 Å². The summed E-state index contributed by atoms with van der Waals surface area (Å²) in [5.41, 5.74) is 3.51. The van der Waals surface area contributed by atoms with Crippen LogP contribution in [0.2, 0.25) is 0 Å². The molecule has 1 amide bonds. The average molecular weight is 709 g/mol. The fraction of sp³-hybridized carbons (Fsp3) is 0.375. The van der Waals surface area contributed by atoms with Crippen LogP contribution in [0.4, 0.5) is 4.39 Å². The van der Waals surface area contributed by atoms with Gasteiger partial charge in [0.15, 0.2) is 0 Å². The van der Waals surface area contributed by atoms with Gasteiger partial charge in [-0.2, -0.15) is 0 Å². The molecule has 0 bridgehead atoms. The molecule has 51 heavy (non-hydrogen) atoms. The third-order valence-corrected chi connectivity index (χ3v) is 8.17. The molecule has 1 aromatic heterocycles. The van der Waals surface area contributed by atoms with Crippen molar-refractivity contribution in [3.8, 4) is 22.3 Å². The predicted molar refractivity (Wildman–Crippen MR) is 187 cm³/mol. The van der Waals surface area contributed by atoms with Crippen molar-refractivity contribution in [2.45, 2.75) is 96.6 Å². The summed E-state index contributed by atoms with van der Waals surface area (Å²) in [6, 6.07) is 23.2. The Kier molecular flexibility index (Phi) is 15.2. The van der Waals surface area contributed by atoms with Crippen molar-refractivity contribution in [2.24, 2.45) is 0 Å². The van der Waals surface area contributed by atoms with E-state index >= 15 is 0 Å². The quantitative estimate of drug-likeness (QED) is 0.127. The van der Waals surface area contributed by atoms with E-state index in [-0.39, 0.29) is 67.0 Å². The predicted octanol–water partition coefficient (Wildman–Crippen LogP) is 2.41. The van der Waals surface area contributed by atoms with Gasteiger partial charge in [0, 0.05) is 41.7 Å². The number of halogens is 1. The molecule has 0 unspecified atom stereocenters. The largest absolute Gasteiger partial charge is 1.00 e. The van der Waals surface area contributed by atoms with Crippen LogP contribution in [0.1, 0.15) is 81.7 Å². The Labute approximate surface area is 321 Å². The van der Waals surface area contributed by atoms with E-state index in [1.807, 2.05) is 79.1 Å². The minimum absolute atomic E-state index is 0. The Morgan fingerprint density at radius 1 is 0.863 bits per heavy atom. The summed E-state index contributed by atoms with van der Waals surface area (Å²) in [5, 5.41) is 35.0. The van der Waals surface area contributed by atoms with E-state index in [0.29, 0.717) is 27.9 Å². The van der Waals surface area contributed by atoms with E-state index in [1.54, 1.807) is 32.9 Å². The van der Waals surface area contributed by atoms with E-state index in [9.17, 15) is 34.1 Å². The van der Waals surface area contributed by atoms with Crippen molar-refractivity contribution in [1.82, 2.24) is 9.88 Å². The number of carboxylic acid groups (broad SMARTS) is 1. The number of aromatic nitrogens is 1. The molecular weight excluding hydrogens is 662 g/mol. The summed E-state index contributed by atoms with van der Waals surface area (Å²) in [6.07, 6.45) is -2.62. The number of carboxylic acids is 1. The minimum atomic E-state index is -1.42. The zero-order valence-corrected chi connectivity index (χ0v) is 32.2. The van der Waals surface area contributed by atoms with Crippen molar-refractivity contribution in [3.63, 3.8) is 0 Å². The first-order valence-electron chi connectivity index (χ1n) is 16.9. The second-order valence-electron chi connectivity index (χ2n) is 13.8. The third kappa shape index (κ3) is 11.6. The van der Waals surface area contributed by atoms with Gasteiger partial charge in [-0.1, -0.05) is 72.8 Å². The summed E-state index contributed by atoms with van der Waals surface area (Å²) in [7, 11) is 0. The van der Waals surface area contributed by atoms with Gasteiger partial charge in [-0.3, -0.25) is 4.79 Å². The van der Waals surface area contributed by atoms with Crippen LogP contribution >= 0.6 is 0 Å². The Balaban J connectivity index is 0.00000702. The number of nitrogens with one attached hydrogen (secondary N) is 1. The second kappa shape index (κ2) is 18.6. The Morgan fingerprint density at radius 2 is 1.43 bits per heavy atom. The summed E-state index contributed by atoms with van der Waals surface area (Å²) in [4.78, 5) is 39.3. The van der Waals surface area contributed by atoms with Gasteiger partial charge >= 0.3 is 35.5 Å². The van der Waals surface area contributed by atoms with E-state index in [1.165, 1.54) is 12.1 Å². The maximum atomic E-state index is 14.7. The zero-order valence-electron chi connectivity index (χ0n) is 30.2. The van der Waals surface area contributed by atoms with Crippen LogP contribution in [-0.2, 0) is 27.2 Å². The van der Waals surface area contributed by atoms with E-state index < -0.39 is 53.9 Å². The number of aliphatic hydroxyl groups excluding tert-OH is 2. The van der Waals surface area contributed by atoms with Crippen molar-refractivity contribution in [1.29, 1.82) is 0 Å². The molecular formula is C40H46FN2NaO7. The summed E-state index contributed by atoms with van der Waals surface area (Å²) >= 11 is 0. The first kappa shape index (κ1) is 41.6. The minimum Gasteiger partial charge on any atom is -0.550 e. The second-order valence-corrected chi connectivity index (χ2v) is 13.8. The molecule has 11 heteroatoms. The van der Waals surface area contributed by atoms with Crippen LogP contribution in [0.15, 0.2) is 84.9 Å². The van der Waals surface area contributed by atoms with Crippen LogP contribution in [0.5, 0.6) is 0 Å². The fourth-order valence-electron chi connectivity index (χ4n) is 6.14. The Morgan fingerprint density at radius 3 is 1.98 bits per heavy atom. The number of amides is 1. The molecule has 0 spiro atoms. The van der Waals surface area contributed by atoms with Gasteiger partial charge in [0.2, 0.25) is 0 Å². The molecule has 4 rings (SSSR count). The number of benzene rings is 3.